The average molecular weight is 225 g/mol. The fourth-order valence-electron chi connectivity index (χ4n) is 1.27. The minimum absolute atomic E-state index is 0.468. The van der Waals surface area contributed by atoms with Crippen LogP contribution in [0.4, 0.5) is 0 Å². The van der Waals surface area contributed by atoms with Crippen LogP contribution >= 0.6 is 11.8 Å². The lowest BCUT2D eigenvalue weighted by atomic mass is 10.2. The zero-order valence-electron chi connectivity index (χ0n) is 9.44. The molecule has 0 aliphatic carbocycles. The Morgan fingerprint density at radius 1 is 1.40 bits per heavy atom. The van der Waals surface area contributed by atoms with Gasteiger partial charge in [0.1, 0.15) is 0 Å². The van der Waals surface area contributed by atoms with Crippen molar-refractivity contribution in [2.75, 3.05) is 5.75 Å². The Balaban J connectivity index is 2.36. The average Bonchev–Trinajstić information content (AvgIpc) is 2.25. The van der Waals surface area contributed by atoms with Crippen molar-refractivity contribution < 1.29 is 5.11 Å². The summed E-state index contributed by atoms with van der Waals surface area (Å²) in [4.78, 5) is 5.40. The largest absolute Gasteiger partial charge is 0.387 e. The van der Waals surface area contributed by atoms with Crippen molar-refractivity contribution in [3.63, 3.8) is 0 Å². The molecule has 1 aromatic heterocycles. The van der Waals surface area contributed by atoms with E-state index in [1.54, 1.807) is 6.92 Å². The second kappa shape index (κ2) is 6.85. The standard InChI is InChI=1S/C12H19NOS/c1-3-4-5-8-15-11-6-7-12(10(2)14)13-9-11/h6-7,9-10,14H,3-5,8H2,1-2H3/t10-/m1/s1. The maximum absolute atomic E-state index is 9.29. The van der Waals surface area contributed by atoms with E-state index >= 15 is 0 Å². The molecule has 0 aliphatic rings. The summed E-state index contributed by atoms with van der Waals surface area (Å²) < 4.78 is 0. The highest BCUT2D eigenvalue weighted by atomic mass is 32.2. The molecule has 0 amide bonds. The molecule has 0 bridgehead atoms. The summed E-state index contributed by atoms with van der Waals surface area (Å²) in [5.41, 5.74) is 0.743. The van der Waals surface area contributed by atoms with Crippen molar-refractivity contribution in [3.05, 3.63) is 24.0 Å². The smallest absolute Gasteiger partial charge is 0.0931 e. The summed E-state index contributed by atoms with van der Waals surface area (Å²) in [7, 11) is 0. The van der Waals surface area contributed by atoms with Gasteiger partial charge < -0.3 is 5.11 Å². The molecule has 0 unspecified atom stereocenters. The van der Waals surface area contributed by atoms with Crippen LogP contribution in [0.2, 0.25) is 0 Å². The SMILES string of the molecule is CCCCCSc1ccc([C@@H](C)O)nc1. The fourth-order valence-corrected chi connectivity index (χ4v) is 2.14. The molecule has 1 aromatic rings. The third-order valence-corrected chi connectivity index (χ3v) is 3.27. The van der Waals surface area contributed by atoms with Gasteiger partial charge in [-0.25, -0.2) is 0 Å². The number of hydrogen-bond acceptors (Lipinski definition) is 3. The normalized spacial score (nSPS) is 12.7. The van der Waals surface area contributed by atoms with Gasteiger partial charge in [0.05, 0.1) is 11.8 Å². The van der Waals surface area contributed by atoms with Crippen LogP contribution in [0.25, 0.3) is 0 Å². The van der Waals surface area contributed by atoms with Crippen LogP contribution in [-0.2, 0) is 0 Å². The molecule has 1 atom stereocenters. The molecule has 0 saturated heterocycles. The quantitative estimate of drug-likeness (QED) is 0.595. The third kappa shape index (κ3) is 4.67. The van der Waals surface area contributed by atoms with Gasteiger partial charge in [0.15, 0.2) is 0 Å². The van der Waals surface area contributed by atoms with Gasteiger partial charge in [-0.3, -0.25) is 4.98 Å². The van der Waals surface area contributed by atoms with E-state index in [-0.39, 0.29) is 0 Å². The lowest BCUT2D eigenvalue weighted by Crippen LogP contribution is -1.94. The fraction of sp³-hybridized carbons (Fsp3) is 0.583. The van der Waals surface area contributed by atoms with Crippen LogP contribution in [0.1, 0.15) is 44.9 Å². The van der Waals surface area contributed by atoms with Crippen LogP contribution in [0, 0.1) is 0 Å². The van der Waals surface area contributed by atoms with Crippen LogP contribution in [0.15, 0.2) is 23.2 Å². The van der Waals surface area contributed by atoms with Crippen molar-refractivity contribution in [1.29, 1.82) is 0 Å². The molecule has 0 aliphatic heterocycles. The molecular formula is C12H19NOS. The molecule has 0 aromatic carbocycles. The van der Waals surface area contributed by atoms with E-state index in [9.17, 15) is 5.11 Å². The van der Waals surface area contributed by atoms with Crippen molar-refractivity contribution in [2.24, 2.45) is 0 Å². The zero-order valence-corrected chi connectivity index (χ0v) is 10.3. The first-order chi connectivity index (χ1) is 7.24. The number of thioether (sulfide) groups is 1. The van der Waals surface area contributed by atoms with E-state index in [0.717, 1.165) is 11.4 Å². The molecule has 0 saturated carbocycles. The van der Waals surface area contributed by atoms with Crippen LogP contribution in [0.3, 0.4) is 0 Å². The summed E-state index contributed by atoms with van der Waals surface area (Å²) in [5.74, 6) is 1.16. The Morgan fingerprint density at radius 2 is 2.20 bits per heavy atom. The molecule has 0 radical (unpaired) electrons. The van der Waals surface area contributed by atoms with Gasteiger partial charge in [0.2, 0.25) is 0 Å². The third-order valence-electron chi connectivity index (χ3n) is 2.20. The Morgan fingerprint density at radius 3 is 2.73 bits per heavy atom. The number of aliphatic hydroxyl groups excluding tert-OH is 1. The van der Waals surface area contributed by atoms with Crippen molar-refractivity contribution in [2.45, 2.75) is 44.1 Å². The number of pyridine rings is 1. The Bertz CT molecular complexity index is 271. The van der Waals surface area contributed by atoms with Gasteiger partial charge >= 0.3 is 0 Å². The highest BCUT2D eigenvalue weighted by Crippen LogP contribution is 2.20. The number of rotatable bonds is 6. The predicted octanol–water partition coefficient (Wildman–Crippen LogP) is 3.42. The first-order valence-electron chi connectivity index (χ1n) is 5.51. The van der Waals surface area contributed by atoms with Gasteiger partial charge in [-0.05, 0) is 31.2 Å². The number of unbranched alkanes of at least 4 members (excludes halogenated alkanes) is 2. The second-order valence-corrected chi connectivity index (χ2v) is 4.82. The molecule has 1 rings (SSSR count). The van der Waals surface area contributed by atoms with Crippen molar-refractivity contribution in [1.82, 2.24) is 4.98 Å². The molecule has 3 heteroatoms. The Labute approximate surface area is 96.1 Å². The van der Waals surface area contributed by atoms with E-state index in [4.69, 9.17) is 0 Å². The maximum atomic E-state index is 9.29. The van der Waals surface area contributed by atoms with E-state index in [2.05, 4.69) is 11.9 Å². The predicted molar refractivity (Wildman–Crippen MR) is 65.1 cm³/mol. The topological polar surface area (TPSA) is 33.1 Å². The Hall–Kier alpha value is -0.540. The van der Waals surface area contributed by atoms with Gasteiger partial charge in [0.25, 0.3) is 0 Å². The number of nitrogens with zero attached hydrogens (tertiary/aromatic N) is 1. The summed E-state index contributed by atoms with van der Waals surface area (Å²) >= 11 is 1.84. The van der Waals surface area contributed by atoms with Gasteiger partial charge in [0, 0.05) is 11.1 Å². The summed E-state index contributed by atoms with van der Waals surface area (Å²) in [6.45, 7) is 3.94. The van der Waals surface area contributed by atoms with Gasteiger partial charge in [-0.15, -0.1) is 11.8 Å². The number of aromatic nitrogens is 1. The number of aliphatic hydroxyl groups is 1. The molecular weight excluding hydrogens is 206 g/mol. The van der Waals surface area contributed by atoms with Crippen LogP contribution in [0.5, 0.6) is 0 Å². The molecule has 2 nitrogen and oxygen atoms in total. The zero-order chi connectivity index (χ0) is 11.1. The minimum Gasteiger partial charge on any atom is -0.387 e. The lowest BCUT2D eigenvalue weighted by molar-refractivity contribution is 0.194. The maximum Gasteiger partial charge on any atom is 0.0931 e. The van der Waals surface area contributed by atoms with E-state index in [0.29, 0.717) is 0 Å². The van der Waals surface area contributed by atoms with Crippen molar-refractivity contribution in [3.8, 4) is 0 Å². The van der Waals surface area contributed by atoms with Crippen molar-refractivity contribution >= 4 is 11.8 Å². The molecule has 1 heterocycles. The second-order valence-electron chi connectivity index (χ2n) is 3.65. The van der Waals surface area contributed by atoms with Crippen LogP contribution < -0.4 is 0 Å². The van der Waals surface area contributed by atoms with Crippen LogP contribution in [-0.4, -0.2) is 15.8 Å². The molecule has 84 valence electrons. The molecule has 0 spiro atoms. The number of hydrogen-bond donors (Lipinski definition) is 1. The van der Waals surface area contributed by atoms with E-state index in [1.807, 2.05) is 30.1 Å². The minimum atomic E-state index is -0.468. The summed E-state index contributed by atoms with van der Waals surface area (Å²) in [5, 5.41) is 9.29. The highest BCUT2D eigenvalue weighted by Gasteiger charge is 2.01. The highest BCUT2D eigenvalue weighted by molar-refractivity contribution is 7.99. The summed E-state index contributed by atoms with van der Waals surface area (Å²) in [6.07, 6.45) is 5.20. The first kappa shape index (κ1) is 12.5. The van der Waals surface area contributed by atoms with E-state index < -0.39 is 6.10 Å². The molecule has 15 heavy (non-hydrogen) atoms. The monoisotopic (exact) mass is 225 g/mol. The van der Waals surface area contributed by atoms with Gasteiger partial charge in [-0.1, -0.05) is 19.8 Å². The molecule has 0 fully saturated rings. The lowest BCUT2D eigenvalue weighted by Gasteiger charge is -2.04. The van der Waals surface area contributed by atoms with E-state index in [1.165, 1.54) is 24.2 Å². The summed E-state index contributed by atoms with van der Waals surface area (Å²) in [6, 6.07) is 3.93. The first-order valence-corrected chi connectivity index (χ1v) is 6.49. The van der Waals surface area contributed by atoms with Gasteiger partial charge in [-0.2, -0.15) is 0 Å². The Kier molecular flexibility index (Phi) is 5.73. The molecule has 1 N–H and O–H groups in total.